The van der Waals surface area contributed by atoms with Gasteiger partial charge in [-0.05, 0) is 24.6 Å². The summed E-state index contributed by atoms with van der Waals surface area (Å²) >= 11 is 1.60. The quantitative estimate of drug-likeness (QED) is 0.824. The van der Waals surface area contributed by atoms with E-state index in [4.69, 9.17) is 5.11 Å². The molecule has 0 aliphatic rings. The van der Waals surface area contributed by atoms with Gasteiger partial charge >= 0.3 is 5.97 Å². The molecule has 0 spiro atoms. The summed E-state index contributed by atoms with van der Waals surface area (Å²) in [5, 5.41) is 9.00. The Hall–Kier alpha value is -1.74. The smallest absolute Gasteiger partial charge is 0.304 e. The number of thioether (sulfide) groups is 1. The summed E-state index contributed by atoms with van der Waals surface area (Å²) in [5.74, 6) is -0.770. The molecule has 2 rings (SSSR count). The third-order valence-corrected chi connectivity index (χ3v) is 4.10. The SMILES string of the molecule is Cc1ccc(SC(CC(=O)O)c2ccccc2)cc1. The van der Waals surface area contributed by atoms with E-state index in [2.05, 4.69) is 0 Å². The normalized spacial score (nSPS) is 12.1. The number of carbonyl (C=O) groups is 1. The van der Waals surface area contributed by atoms with Crippen LogP contribution in [0, 0.1) is 6.92 Å². The molecule has 98 valence electrons. The second-order valence-electron chi connectivity index (χ2n) is 4.43. The van der Waals surface area contributed by atoms with Gasteiger partial charge in [-0.2, -0.15) is 0 Å². The van der Waals surface area contributed by atoms with Gasteiger partial charge in [0.15, 0.2) is 0 Å². The molecule has 3 heteroatoms. The number of aryl methyl sites for hydroxylation is 1. The van der Waals surface area contributed by atoms with E-state index >= 15 is 0 Å². The molecule has 19 heavy (non-hydrogen) atoms. The Balaban J connectivity index is 2.19. The molecular weight excluding hydrogens is 256 g/mol. The summed E-state index contributed by atoms with van der Waals surface area (Å²) in [6, 6.07) is 18.0. The van der Waals surface area contributed by atoms with E-state index < -0.39 is 5.97 Å². The molecule has 0 saturated heterocycles. The number of carboxylic acids is 1. The predicted octanol–water partition coefficient (Wildman–Crippen LogP) is 4.30. The van der Waals surface area contributed by atoms with Gasteiger partial charge in [-0.15, -0.1) is 11.8 Å². The van der Waals surface area contributed by atoms with E-state index in [0.29, 0.717) is 0 Å². The molecule has 1 atom stereocenters. The lowest BCUT2D eigenvalue weighted by atomic mass is 10.1. The number of rotatable bonds is 5. The molecule has 2 nitrogen and oxygen atoms in total. The van der Waals surface area contributed by atoms with Crippen molar-refractivity contribution in [1.29, 1.82) is 0 Å². The summed E-state index contributed by atoms with van der Waals surface area (Å²) in [6.45, 7) is 2.04. The van der Waals surface area contributed by atoms with Crippen LogP contribution in [0.25, 0.3) is 0 Å². The van der Waals surface area contributed by atoms with Crippen molar-refractivity contribution in [2.75, 3.05) is 0 Å². The highest BCUT2D eigenvalue weighted by Gasteiger charge is 2.16. The van der Waals surface area contributed by atoms with Gasteiger partial charge in [0.25, 0.3) is 0 Å². The van der Waals surface area contributed by atoms with Crippen LogP contribution < -0.4 is 0 Å². The minimum absolute atomic E-state index is 0.0543. The molecule has 0 heterocycles. The maximum atomic E-state index is 11.0. The summed E-state index contributed by atoms with van der Waals surface area (Å²) in [7, 11) is 0. The first-order chi connectivity index (χ1) is 9.15. The third kappa shape index (κ3) is 4.14. The van der Waals surface area contributed by atoms with E-state index in [-0.39, 0.29) is 11.7 Å². The minimum Gasteiger partial charge on any atom is -0.481 e. The summed E-state index contributed by atoms with van der Waals surface area (Å²) in [5.41, 5.74) is 2.26. The molecular formula is C16H16O2S. The lowest BCUT2D eigenvalue weighted by Crippen LogP contribution is -2.03. The zero-order valence-corrected chi connectivity index (χ0v) is 11.6. The zero-order valence-electron chi connectivity index (χ0n) is 10.7. The Morgan fingerprint density at radius 1 is 1.11 bits per heavy atom. The summed E-state index contributed by atoms with van der Waals surface area (Å²) in [6.07, 6.45) is 0.128. The fourth-order valence-corrected chi connectivity index (χ4v) is 2.98. The first-order valence-corrected chi connectivity index (χ1v) is 7.03. The number of aliphatic carboxylic acids is 1. The predicted molar refractivity (Wildman–Crippen MR) is 78.5 cm³/mol. The highest BCUT2D eigenvalue weighted by atomic mass is 32.2. The van der Waals surface area contributed by atoms with Gasteiger partial charge in [-0.3, -0.25) is 4.79 Å². The van der Waals surface area contributed by atoms with E-state index in [9.17, 15) is 4.79 Å². The Labute approximate surface area is 117 Å². The second-order valence-corrected chi connectivity index (χ2v) is 5.70. The maximum absolute atomic E-state index is 11.0. The number of hydrogen-bond acceptors (Lipinski definition) is 2. The van der Waals surface area contributed by atoms with E-state index in [1.807, 2.05) is 61.5 Å². The first-order valence-electron chi connectivity index (χ1n) is 6.15. The van der Waals surface area contributed by atoms with Gasteiger partial charge in [0.1, 0.15) is 0 Å². The largest absolute Gasteiger partial charge is 0.481 e. The zero-order chi connectivity index (χ0) is 13.7. The summed E-state index contributed by atoms with van der Waals surface area (Å²) in [4.78, 5) is 12.1. The van der Waals surface area contributed by atoms with Gasteiger partial charge < -0.3 is 5.11 Å². The molecule has 0 bridgehead atoms. The molecule has 0 aliphatic carbocycles. The monoisotopic (exact) mass is 272 g/mol. The van der Waals surface area contributed by atoms with Crippen LogP contribution in [0.3, 0.4) is 0 Å². The third-order valence-electron chi connectivity index (χ3n) is 2.83. The molecule has 2 aromatic carbocycles. The fourth-order valence-electron chi connectivity index (χ4n) is 1.83. The van der Waals surface area contributed by atoms with Gasteiger partial charge in [-0.1, -0.05) is 48.0 Å². The number of benzene rings is 2. The van der Waals surface area contributed by atoms with Crippen molar-refractivity contribution in [2.24, 2.45) is 0 Å². The number of carboxylic acid groups (broad SMARTS) is 1. The van der Waals surface area contributed by atoms with E-state index in [1.54, 1.807) is 11.8 Å². The second kappa shape index (κ2) is 6.43. The van der Waals surface area contributed by atoms with Crippen LogP contribution in [-0.2, 0) is 4.79 Å². The van der Waals surface area contributed by atoms with Crippen molar-refractivity contribution in [3.8, 4) is 0 Å². The lowest BCUT2D eigenvalue weighted by molar-refractivity contribution is -0.137. The molecule has 1 unspecified atom stereocenters. The Kier molecular flexibility index (Phi) is 4.63. The average Bonchev–Trinajstić information content (AvgIpc) is 2.41. The van der Waals surface area contributed by atoms with Crippen LogP contribution in [0.15, 0.2) is 59.5 Å². The van der Waals surface area contributed by atoms with Crippen LogP contribution in [0.2, 0.25) is 0 Å². The van der Waals surface area contributed by atoms with Gasteiger partial charge in [-0.25, -0.2) is 0 Å². The van der Waals surface area contributed by atoms with Gasteiger partial charge in [0, 0.05) is 10.1 Å². The van der Waals surface area contributed by atoms with Crippen molar-refractivity contribution in [1.82, 2.24) is 0 Å². The molecule has 2 aromatic rings. The topological polar surface area (TPSA) is 37.3 Å². The van der Waals surface area contributed by atoms with Crippen molar-refractivity contribution in [2.45, 2.75) is 23.5 Å². The minimum atomic E-state index is -0.770. The average molecular weight is 272 g/mol. The Morgan fingerprint density at radius 2 is 1.74 bits per heavy atom. The lowest BCUT2D eigenvalue weighted by Gasteiger charge is -2.15. The van der Waals surface area contributed by atoms with Crippen LogP contribution in [-0.4, -0.2) is 11.1 Å². The van der Waals surface area contributed by atoms with Crippen molar-refractivity contribution in [3.05, 3.63) is 65.7 Å². The molecule has 0 aliphatic heterocycles. The summed E-state index contributed by atoms with van der Waals surface area (Å²) < 4.78 is 0. The Morgan fingerprint density at radius 3 is 2.32 bits per heavy atom. The standard InChI is InChI=1S/C16H16O2S/c1-12-7-9-14(10-8-12)19-15(11-16(17)18)13-5-3-2-4-6-13/h2-10,15H,11H2,1H3,(H,17,18). The molecule has 0 aromatic heterocycles. The van der Waals surface area contributed by atoms with Gasteiger partial charge in [0.05, 0.1) is 6.42 Å². The van der Waals surface area contributed by atoms with Crippen molar-refractivity contribution >= 4 is 17.7 Å². The molecule has 0 radical (unpaired) electrons. The van der Waals surface area contributed by atoms with Crippen LogP contribution in [0.1, 0.15) is 22.8 Å². The fraction of sp³-hybridized carbons (Fsp3) is 0.188. The van der Waals surface area contributed by atoms with Crippen molar-refractivity contribution in [3.63, 3.8) is 0 Å². The molecule has 1 N–H and O–H groups in total. The Bertz CT molecular complexity index is 534. The van der Waals surface area contributed by atoms with Crippen molar-refractivity contribution < 1.29 is 9.90 Å². The number of hydrogen-bond donors (Lipinski definition) is 1. The molecule has 0 fully saturated rings. The van der Waals surface area contributed by atoms with Crippen LogP contribution >= 0.6 is 11.8 Å². The van der Waals surface area contributed by atoms with Gasteiger partial charge in [0.2, 0.25) is 0 Å². The van der Waals surface area contributed by atoms with E-state index in [1.165, 1.54) is 5.56 Å². The van der Waals surface area contributed by atoms with Crippen LogP contribution in [0.5, 0.6) is 0 Å². The highest BCUT2D eigenvalue weighted by Crippen LogP contribution is 2.37. The van der Waals surface area contributed by atoms with Crippen LogP contribution in [0.4, 0.5) is 0 Å². The maximum Gasteiger partial charge on any atom is 0.304 e. The van der Waals surface area contributed by atoms with E-state index in [0.717, 1.165) is 10.5 Å². The first kappa shape index (κ1) is 13.7. The highest BCUT2D eigenvalue weighted by molar-refractivity contribution is 7.99. The molecule has 0 saturated carbocycles. The molecule has 0 amide bonds.